The minimum Gasteiger partial charge on any atom is -0.480 e. The third-order valence-corrected chi connectivity index (χ3v) is 2.60. The molecule has 7 heteroatoms. The van der Waals surface area contributed by atoms with E-state index in [1.54, 1.807) is 12.3 Å². The third kappa shape index (κ3) is 3.95. The standard InChI is InChI=1S/C9H13N3O3S/c1-5(8(14)15)10-3-7-4-16-9(12-7)11-6(2)13/h4-5,10H,3H2,1-2H3,(H,14,15)(H,11,12,13). The summed E-state index contributed by atoms with van der Waals surface area (Å²) in [5, 5.41) is 16.3. The van der Waals surface area contributed by atoms with Gasteiger partial charge >= 0.3 is 5.97 Å². The van der Waals surface area contributed by atoms with Crippen LogP contribution in [0.2, 0.25) is 0 Å². The summed E-state index contributed by atoms with van der Waals surface area (Å²) < 4.78 is 0. The molecule has 0 aliphatic carbocycles. The van der Waals surface area contributed by atoms with Crippen LogP contribution in [0.3, 0.4) is 0 Å². The first-order valence-corrected chi connectivity index (χ1v) is 5.55. The second-order valence-electron chi connectivity index (χ2n) is 3.27. The average molecular weight is 243 g/mol. The highest BCUT2D eigenvalue weighted by Crippen LogP contribution is 2.14. The number of carboxylic acid groups (broad SMARTS) is 1. The predicted molar refractivity (Wildman–Crippen MR) is 60.4 cm³/mol. The molecule has 16 heavy (non-hydrogen) atoms. The summed E-state index contributed by atoms with van der Waals surface area (Å²) >= 11 is 1.31. The number of amides is 1. The van der Waals surface area contributed by atoms with Crippen LogP contribution in [0.5, 0.6) is 0 Å². The second kappa shape index (κ2) is 5.57. The van der Waals surface area contributed by atoms with Gasteiger partial charge in [0.15, 0.2) is 5.13 Å². The maximum Gasteiger partial charge on any atom is 0.320 e. The van der Waals surface area contributed by atoms with Crippen molar-refractivity contribution in [2.24, 2.45) is 0 Å². The van der Waals surface area contributed by atoms with Crippen molar-refractivity contribution >= 4 is 28.3 Å². The molecule has 0 aromatic carbocycles. The SMILES string of the molecule is CC(=O)Nc1nc(CNC(C)C(=O)O)cs1. The van der Waals surface area contributed by atoms with E-state index in [0.29, 0.717) is 17.4 Å². The first-order valence-electron chi connectivity index (χ1n) is 4.67. The lowest BCUT2D eigenvalue weighted by molar-refractivity contribution is -0.139. The van der Waals surface area contributed by atoms with Gasteiger partial charge in [-0.2, -0.15) is 0 Å². The topological polar surface area (TPSA) is 91.3 Å². The highest BCUT2D eigenvalue weighted by atomic mass is 32.1. The van der Waals surface area contributed by atoms with E-state index in [1.807, 2.05) is 0 Å². The normalized spacial score (nSPS) is 12.1. The van der Waals surface area contributed by atoms with E-state index in [4.69, 9.17) is 5.11 Å². The van der Waals surface area contributed by atoms with Crippen LogP contribution in [0.4, 0.5) is 5.13 Å². The van der Waals surface area contributed by atoms with Gasteiger partial charge in [-0.3, -0.25) is 14.9 Å². The lowest BCUT2D eigenvalue weighted by Crippen LogP contribution is -2.33. The molecule has 0 saturated carbocycles. The van der Waals surface area contributed by atoms with Crippen molar-refractivity contribution in [1.29, 1.82) is 0 Å². The Kier molecular flexibility index (Phi) is 4.39. The van der Waals surface area contributed by atoms with Gasteiger partial charge in [0.2, 0.25) is 5.91 Å². The molecule has 1 aromatic rings. The molecule has 1 rings (SSSR count). The third-order valence-electron chi connectivity index (χ3n) is 1.79. The Labute approximate surface area is 96.7 Å². The minimum absolute atomic E-state index is 0.173. The van der Waals surface area contributed by atoms with E-state index in [-0.39, 0.29) is 5.91 Å². The zero-order valence-electron chi connectivity index (χ0n) is 8.98. The summed E-state index contributed by atoms with van der Waals surface area (Å²) in [5.41, 5.74) is 0.710. The van der Waals surface area contributed by atoms with Crippen molar-refractivity contribution in [3.63, 3.8) is 0 Å². The van der Waals surface area contributed by atoms with E-state index < -0.39 is 12.0 Å². The van der Waals surface area contributed by atoms with Gasteiger partial charge in [0, 0.05) is 18.8 Å². The molecule has 1 heterocycles. The van der Waals surface area contributed by atoms with Gasteiger partial charge in [-0.1, -0.05) is 0 Å². The predicted octanol–water partition coefficient (Wildman–Crippen LogP) is 0.664. The van der Waals surface area contributed by atoms with Crippen LogP contribution in [0, 0.1) is 0 Å². The molecule has 1 atom stereocenters. The average Bonchev–Trinajstić information content (AvgIpc) is 2.60. The van der Waals surface area contributed by atoms with Crippen molar-refractivity contribution in [1.82, 2.24) is 10.3 Å². The van der Waals surface area contributed by atoms with E-state index in [1.165, 1.54) is 18.3 Å². The Morgan fingerprint density at radius 3 is 2.88 bits per heavy atom. The molecule has 0 bridgehead atoms. The fraction of sp³-hybridized carbons (Fsp3) is 0.444. The number of aliphatic carboxylic acids is 1. The van der Waals surface area contributed by atoms with Crippen LogP contribution < -0.4 is 10.6 Å². The quantitative estimate of drug-likeness (QED) is 0.706. The first-order chi connectivity index (χ1) is 7.49. The molecule has 0 spiro atoms. The zero-order valence-corrected chi connectivity index (χ0v) is 9.80. The number of hydrogen-bond donors (Lipinski definition) is 3. The molecule has 1 aromatic heterocycles. The van der Waals surface area contributed by atoms with Crippen LogP contribution >= 0.6 is 11.3 Å². The Morgan fingerprint density at radius 1 is 1.62 bits per heavy atom. The number of carbonyl (C=O) groups is 2. The molecule has 0 fully saturated rings. The number of carboxylic acids is 1. The molecule has 0 saturated heterocycles. The highest BCUT2D eigenvalue weighted by molar-refractivity contribution is 7.13. The van der Waals surface area contributed by atoms with Crippen LogP contribution in [0.15, 0.2) is 5.38 Å². The highest BCUT2D eigenvalue weighted by Gasteiger charge is 2.10. The molecule has 88 valence electrons. The Morgan fingerprint density at radius 2 is 2.31 bits per heavy atom. The number of aromatic nitrogens is 1. The molecule has 0 radical (unpaired) electrons. The summed E-state index contributed by atoms with van der Waals surface area (Å²) in [6.07, 6.45) is 0. The Balaban J connectivity index is 2.46. The first kappa shape index (κ1) is 12.6. The van der Waals surface area contributed by atoms with Crippen LogP contribution in [0.1, 0.15) is 19.5 Å². The van der Waals surface area contributed by atoms with Crippen LogP contribution in [-0.2, 0) is 16.1 Å². The minimum atomic E-state index is -0.905. The van der Waals surface area contributed by atoms with Crippen molar-refractivity contribution in [3.8, 4) is 0 Å². The van der Waals surface area contributed by atoms with Crippen LogP contribution in [-0.4, -0.2) is 28.0 Å². The van der Waals surface area contributed by atoms with Gasteiger partial charge in [-0.25, -0.2) is 4.98 Å². The fourth-order valence-corrected chi connectivity index (χ4v) is 1.70. The molecule has 3 N–H and O–H groups in total. The summed E-state index contributed by atoms with van der Waals surface area (Å²) in [5.74, 6) is -1.08. The number of anilines is 1. The maximum absolute atomic E-state index is 10.7. The number of thiazole rings is 1. The van der Waals surface area contributed by atoms with Gasteiger partial charge in [0.1, 0.15) is 6.04 Å². The Bertz CT molecular complexity index is 391. The van der Waals surface area contributed by atoms with E-state index >= 15 is 0 Å². The smallest absolute Gasteiger partial charge is 0.320 e. The largest absolute Gasteiger partial charge is 0.480 e. The fourth-order valence-electron chi connectivity index (χ4n) is 0.941. The molecular weight excluding hydrogens is 230 g/mol. The lowest BCUT2D eigenvalue weighted by Gasteiger charge is -2.06. The summed E-state index contributed by atoms with van der Waals surface area (Å²) in [6.45, 7) is 3.33. The van der Waals surface area contributed by atoms with Crippen molar-refractivity contribution in [2.75, 3.05) is 5.32 Å². The van der Waals surface area contributed by atoms with Gasteiger partial charge < -0.3 is 10.4 Å². The molecule has 0 aliphatic heterocycles. The van der Waals surface area contributed by atoms with Gasteiger partial charge in [-0.05, 0) is 6.92 Å². The number of nitrogens with zero attached hydrogens (tertiary/aromatic N) is 1. The van der Waals surface area contributed by atoms with Gasteiger partial charge in [0.05, 0.1) is 5.69 Å². The Hall–Kier alpha value is -1.47. The number of hydrogen-bond acceptors (Lipinski definition) is 5. The maximum atomic E-state index is 10.7. The van der Waals surface area contributed by atoms with E-state index in [9.17, 15) is 9.59 Å². The number of rotatable bonds is 5. The second-order valence-corrected chi connectivity index (χ2v) is 4.12. The van der Waals surface area contributed by atoms with Gasteiger partial charge in [-0.15, -0.1) is 11.3 Å². The number of carbonyl (C=O) groups excluding carboxylic acids is 1. The summed E-state index contributed by atoms with van der Waals surface area (Å²) in [4.78, 5) is 25.4. The van der Waals surface area contributed by atoms with Crippen LogP contribution in [0.25, 0.3) is 0 Å². The van der Waals surface area contributed by atoms with Gasteiger partial charge in [0.25, 0.3) is 0 Å². The zero-order chi connectivity index (χ0) is 12.1. The molecule has 1 amide bonds. The van der Waals surface area contributed by atoms with Crippen molar-refractivity contribution < 1.29 is 14.7 Å². The number of nitrogens with one attached hydrogen (secondary N) is 2. The molecule has 6 nitrogen and oxygen atoms in total. The lowest BCUT2D eigenvalue weighted by atomic mass is 10.3. The summed E-state index contributed by atoms with van der Waals surface area (Å²) in [7, 11) is 0. The van der Waals surface area contributed by atoms with E-state index in [0.717, 1.165) is 0 Å². The molecular formula is C9H13N3O3S. The van der Waals surface area contributed by atoms with E-state index in [2.05, 4.69) is 15.6 Å². The van der Waals surface area contributed by atoms with Crippen molar-refractivity contribution in [2.45, 2.75) is 26.4 Å². The summed E-state index contributed by atoms with van der Waals surface area (Å²) in [6, 6.07) is -0.620. The molecule has 0 aliphatic rings. The molecule has 1 unspecified atom stereocenters. The monoisotopic (exact) mass is 243 g/mol. The van der Waals surface area contributed by atoms with Crippen molar-refractivity contribution in [3.05, 3.63) is 11.1 Å².